The molecule has 0 bridgehead atoms. The molecule has 1 aliphatic rings. The van der Waals surface area contributed by atoms with E-state index in [1.165, 1.54) is 12.1 Å². The van der Waals surface area contributed by atoms with Crippen molar-refractivity contribution in [1.82, 2.24) is 0 Å². The summed E-state index contributed by atoms with van der Waals surface area (Å²) in [5, 5.41) is 0. The molecule has 5 nitrogen and oxygen atoms in total. The van der Waals surface area contributed by atoms with Crippen molar-refractivity contribution >= 4 is 26.0 Å². The van der Waals surface area contributed by atoms with E-state index in [4.69, 9.17) is 13.7 Å². The second-order valence-corrected chi connectivity index (χ2v) is 7.93. The highest BCUT2D eigenvalue weighted by Crippen LogP contribution is 2.38. The van der Waals surface area contributed by atoms with E-state index in [2.05, 4.69) is 15.9 Å². The molecule has 1 heterocycles. The second kappa shape index (κ2) is 7.09. The quantitative estimate of drug-likeness (QED) is 0.655. The first kappa shape index (κ1) is 19.0. The van der Waals surface area contributed by atoms with Gasteiger partial charge in [-0.3, -0.25) is 4.18 Å². The fourth-order valence-electron chi connectivity index (χ4n) is 2.21. The van der Waals surface area contributed by atoms with Gasteiger partial charge in [-0.05, 0) is 42.5 Å². The molecule has 10 heteroatoms. The lowest BCUT2D eigenvalue weighted by Crippen LogP contribution is -2.34. The summed E-state index contributed by atoms with van der Waals surface area (Å²) < 4.78 is 78.9. The third-order valence-corrected chi connectivity index (χ3v) is 5.33. The van der Waals surface area contributed by atoms with Gasteiger partial charge in [0.1, 0.15) is 13.2 Å². The first-order chi connectivity index (χ1) is 12.1. The topological polar surface area (TPSA) is 61.8 Å². The van der Waals surface area contributed by atoms with Crippen molar-refractivity contribution in [3.63, 3.8) is 0 Å². The monoisotopic (exact) mass is 452 g/mol. The highest BCUT2D eigenvalue weighted by molar-refractivity contribution is 9.10. The Morgan fingerprint density at radius 3 is 2.46 bits per heavy atom. The molecule has 0 saturated carbocycles. The predicted octanol–water partition coefficient (Wildman–Crippen LogP) is 4.01. The van der Waals surface area contributed by atoms with Crippen LogP contribution in [0.5, 0.6) is 11.5 Å². The average Bonchev–Trinajstić information content (AvgIpc) is 2.59. The Balaban J connectivity index is 1.68. The average molecular weight is 453 g/mol. The number of hydrogen-bond donors (Lipinski definition) is 0. The molecule has 0 fully saturated rings. The number of halogens is 4. The molecule has 0 saturated heterocycles. The molecule has 1 atom stereocenters. The summed E-state index contributed by atoms with van der Waals surface area (Å²) in [5.41, 5.74) is -0.885. The van der Waals surface area contributed by atoms with Crippen molar-refractivity contribution in [3.8, 4) is 11.5 Å². The second-order valence-electron chi connectivity index (χ2n) is 5.40. The van der Waals surface area contributed by atoms with Crippen LogP contribution < -0.4 is 9.47 Å². The van der Waals surface area contributed by atoms with Gasteiger partial charge in [0.25, 0.3) is 10.1 Å². The predicted molar refractivity (Wildman–Crippen MR) is 88.6 cm³/mol. The lowest BCUT2D eigenvalue weighted by Gasteiger charge is -2.26. The summed E-state index contributed by atoms with van der Waals surface area (Å²) >= 11 is 3.20. The standard InChI is InChI=1S/C16H12BrF3O5S/c17-11-2-4-13(5-3-11)26(21,22)24-9-12-8-23-14-6-1-10(16(18,19)20)7-15(14)25-12/h1-7,12H,8-9H2. The Morgan fingerprint density at radius 2 is 1.81 bits per heavy atom. The van der Waals surface area contributed by atoms with E-state index in [0.29, 0.717) is 4.47 Å². The van der Waals surface area contributed by atoms with Gasteiger partial charge in [-0.2, -0.15) is 21.6 Å². The van der Waals surface area contributed by atoms with Crippen LogP contribution in [0.1, 0.15) is 5.56 Å². The number of ether oxygens (including phenoxy) is 2. The number of alkyl halides is 3. The van der Waals surface area contributed by atoms with E-state index in [9.17, 15) is 21.6 Å². The third kappa shape index (κ3) is 4.30. The molecule has 0 N–H and O–H groups in total. The van der Waals surface area contributed by atoms with E-state index in [0.717, 1.165) is 18.2 Å². The number of fused-ring (bicyclic) bond motifs is 1. The molecule has 0 radical (unpaired) electrons. The Hall–Kier alpha value is -1.78. The van der Waals surface area contributed by atoms with Gasteiger partial charge >= 0.3 is 6.18 Å². The van der Waals surface area contributed by atoms with Gasteiger partial charge in [0.05, 0.1) is 10.5 Å². The van der Waals surface area contributed by atoms with E-state index >= 15 is 0 Å². The molecular formula is C16H12BrF3O5S. The normalized spacial score (nSPS) is 17.2. The lowest BCUT2D eigenvalue weighted by molar-refractivity contribution is -0.137. The molecule has 2 aromatic carbocycles. The first-order valence-corrected chi connectivity index (χ1v) is 9.51. The Kier molecular flexibility index (Phi) is 5.18. The molecule has 1 unspecified atom stereocenters. The molecule has 0 amide bonds. The summed E-state index contributed by atoms with van der Waals surface area (Å²) in [6.45, 7) is -0.442. The van der Waals surface area contributed by atoms with Gasteiger partial charge in [0.15, 0.2) is 17.6 Å². The summed E-state index contributed by atoms with van der Waals surface area (Å²) in [7, 11) is -4.02. The summed E-state index contributed by atoms with van der Waals surface area (Å²) in [6.07, 6.45) is -5.39. The van der Waals surface area contributed by atoms with Gasteiger partial charge in [-0.15, -0.1) is 0 Å². The van der Waals surface area contributed by atoms with Crippen molar-refractivity contribution in [3.05, 3.63) is 52.5 Å². The van der Waals surface area contributed by atoms with Gasteiger partial charge in [-0.25, -0.2) is 0 Å². The van der Waals surface area contributed by atoms with E-state index in [1.54, 1.807) is 12.1 Å². The van der Waals surface area contributed by atoms with Crippen molar-refractivity contribution < 1.29 is 35.2 Å². The number of rotatable bonds is 4. The van der Waals surface area contributed by atoms with Crippen molar-refractivity contribution in [2.45, 2.75) is 17.2 Å². The van der Waals surface area contributed by atoms with Crippen LogP contribution in [-0.4, -0.2) is 27.7 Å². The number of hydrogen-bond acceptors (Lipinski definition) is 5. The van der Waals surface area contributed by atoms with Crippen molar-refractivity contribution in [2.75, 3.05) is 13.2 Å². The van der Waals surface area contributed by atoms with E-state index in [1.807, 2.05) is 0 Å². The summed E-state index contributed by atoms with van der Waals surface area (Å²) in [4.78, 5) is -0.0443. The molecule has 0 aliphatic carbocycles. The van der Waals surface area contributed by atoms with Gasteiger partial charge in [0, 0.05) is 4.47 Å². The SMILES string of the molecule is O=S(=O)(OCC1COc2ccc(C(F)(F)F)cc2O1)c1ccc(Br)cc1. The van der Waals surface area contributed by atoms with Crippen LogP contribution >= 0.6 is 15.9 Å². The maximum Gasteiger partial charge on any atom is 0.416 e. The van der Waals surface area contributed by atoms with Gasteiger partial charge in [0.2, 0.25) is 0 Å². The maximum absolute atomic E-state index is 12.8. The van der Waals surface area contributed by atoms with Crippen LogP contribution in [0.4, 0.5) is 13.2 Å². The fourth-order valence-corrected chi connectivity index (χ4v) is 3.41. The summed E-state index contributed by atoms with van der Waals surface area (Å²) in [6, 6.07) is 8.68. The van der Waals surface area contributed by atoms with Crippen molar-refractivity contribution in [1.29, 1.82) is 0 Å². The Morgan fingerprint density at radius 1 is 1.12 bits per heavy atom. The summed E-state index contributed by atoms with van der Waals surface area (Å²) in [5.74, 6) is 0.0470. The van der Waals surface area contributed by atoms with Gasteiger partial charge in [-0.1, -0.05) is 15.9 Å². The number of benzene rings is 2. The third-order valence-electron chi connectivity index (χ3n) is 3.50. The zero-order valence-electron chi connectivity index (χ0n) is 13.0. The molecule has 140 valence electrons. The minimum atomic E-state index is -4.52. The van der Waals surface area contributed by atoms with Crippen molar-refractivity contribution in [2.24, 2.45) is 0 Å². The largest absolute Gasteiger partial charge is 0.486 e. The molecular weight excluding hydrogens is 441 g/mol. The smallest absolute Gasteiger partial charge is 0.416 e. The Labute approximate surface area is 155 Å². The van der Waals surface area contributed by atoms with Crippen LogP contribution in [0, 0.1) is 0 Å². The molecule has 26 heavy (non-hydrogen) atoms. The van der Waals surface area contributed by atoms with Crippen LogP contribution in [0.15, 0.2) is 51.8 Å². The minimum Gasteiger partial charge on any atom is -0.486 e. The fraction of sp³-hybridized carbons (Fsp3) is 0.250. The minimum absolute atomic E-state index is 0.0443. The van der Waals surface area contributed by atoms with Crippen LogP contribution in [0.25, 0.3) is 0 Å². The maximum atomic E-state index is 12.8. The molecule has 3 rings (SSSR count). The van der Waals surface area contributed by atoms with E-state index in [-0.39, 0.29) is 23.0 Å². The molecule has 0 aromatic heterocycles. The van der Waals surface area contributed by atoms with Crippen LogP contribution in [0.2, 0.25) is 0 Å². The first-order valence-electron chi connectivity index (χ1n) is 7.31. The van der Waals surface area contributed by atoms with Gasteiger partial charge < -0.3 is 9.47 Å². The zero-order chi connectivity index (χ0) is 18.9. The lowest BCUT2D eigenvalue weighted by atomic mass is 10.2. The zero-order valence-corrected chi connectivity index (χ0v) is 15.4. The molecule has 0 spiro atoms. The van der Waals surface area contributed by atoms with Crippen LogP contribution in [0.3, 0.4) is 0 Å². The van der Waals surface area contributed by atoms with E-state index < -0.39 is 34.6 Å². The highest BCUT2D eigenvalue weighted by atomic mass is 79.9. The van der Waals surface area contributed by atoms with Crippen LogP contribution in [-0.2, 0) is 20.5 Å². The molecule has 1 aliphatic heterocycles. The Bertz CT molecular complexity index is 897. The highest BCUT2D eigenvalue weighted by Gasteiger charge is 2.33. The molecule has 2 aromatic rings.